The van der Waals surface area contributed by atoms with Gasteiger partial charge in [-0.2, -0.15) is 0 Å². The summed E-state index contributed by atoms with van der Waals surface area (Å²) in [4.78, 5) is 9.88. The summed E-state index contributed by atoms with van der Waals surface area (Å²) in [5, 5.41) is 10.6. The number of nitrogens with zero attached hydrogens (tertiary/aromatic N) is 1. The molecule has 0 aliphatic heterocycles. The van der Waals surface area contributed by atoms with Gasteiger partial charge in [-0.1, -0.05) is 6.92 Å². The molecular formula is C10H16N4O4S. The fourth-order valence-corrected chi connectivity index (χ4v) is 2.87. The van der Waals surface area contributed by atoms with E-state index in [-0.39, 0.29) is 22.3 Å². The Bertz CT molecular complexity index is 573. The van der Waals surface area contributed by atoms with Crippen LogP contribution in [0, 0.1) is 10.1 Å². The van der Waals surface area contributed by atoms with Gasteiger partial charge in [0.05, 0.1) is 10.6 Å². The summed E-state index contributed by atoms with van der Waals surface area (Å²) in [5.74, 6) is 5.21. The smallest absolute Gasteiger partial charge is 0.271 e. The average Bonchev–Trinajstić information content (AvgIpc) is 2.37. The second-order valence-electron chi connectivity index (χ2n) is 4.01. The molecule has 9 heteroatoms. The summed E-state index contributed by atoms with van der Waals surface area (Å²) in [6.45, 7) is 3.56. The highest BCUT2D eigenvalue weighted by molar-refractivity contribution is 7.89. The van der Waals surface area contributed by atoms with Gasteiger partial charge in [-0.15, -0.1) is 0 Å². The molecule has 0 saturated heterocycles. The number of nitrogens with two attached hydrogens (primary N) is 1. The van der Waals surface area contributed by atoms with Gasteiger partial charge in [0.1, 0.15) is 4.90 Å². The third-order valence-electron chi connectivity index (χ3n) is 2.59. The van der Waals surface area contributed by atoms with Gasteiger partial charge < -0.3 is 5.43 Å². The highest BCUT2D eigenvalue weighted by Gasteiger charge is 2.22. The summed E-state index contributed by atoms with van der Waals surface area (Å²) in [6, 6.07) is 3.10. The first-order valence-electron chi connectivity index (χ1n) is 5.59. The Morgan fingerprint density at radius 1 is 1.47 bits per heavy atom. The van der Waals surface area contributed by atoms with Crippen LogP contribution in [0.2, 0.25) is 0 Å². The number of non-ortho nitro benzene ring substituents is 1. The van der Waals surface area contributed by atoms with Gasteiger partial charge in [0.2, 0.25) is 10.0 Å². The molecule has 0 aliphatic rings. The maximum atomic E-state index is 12.1. The lowest BCUT2D eigenvalue weighted by Crippen LogP contribution is -2.32. The number of sulfonamides is 1. The number of nitro benzene ring substituents is 1. The van der Waals surface area contributed by atoms with Crippen LogP contribution in [0.25, 0.3) is 0 Å². The molecule has 1 aromatic carbocycles. The number of hydrogen-bond acceptors (Lipinski definition) is 6. The molecule has 0 radical (unpaired) electrons. The van der Waals surface area contributed by atoms with Crippen molar-refractivity contribution in [2.24, 2.45) is 5.84 Å². The number of hydrogen-bond donors (Lipinski definition) is 3. The average molecular weight is 288 g/mol. The summed E-state index contributed by atoms with van der Waals surface area (Å²) in [5.41, 5.74) is 1.90. The summed E-state index contributed by atoms with van der Waals surface area (Å²) in [7, 11) is -3.77. The molecule has 0 saturated carbocycles. The fourth-order valence-electron chi connectivity index (χ4n) is 1.39. The molecule has 4 N–H and O–H groups in total. The van der Waals surface area contributed by atoms with Gasteiger partial charge >= 0.3 is 0 Å². The molecule has 106 valence electrons. The van der Waals surface area contributed by atoms with Crippen LogP contribution in [0.3, 0.4) is 0 Å². The quantitative estimate of drug-likeness (QED) is 0.406. The summed E-state index contributed by atoms with van der Waals surface area (Å²) >= 11 is 0. The molecule has 1 aromatic rings. The van der Waals surface area contributed by atoms with Gasteiger partial charge in [-0.05, 0) is 19.4 Å². The summed E-state index contributed by atoms with van der Waals surface area (Å²) < 4.78 is 26.6. The van der Waals surface area contributed by atoms with Crippen LogP contribution in [0.4, 0.5) is 11.4 Å². The largest absolute Gasteiger partial charge is 0.323 e. The fraction of sp³-hybridized carbons (Fsp3) is 0.400. The summed E-state index contributed by atoms with van der Waals surface area (Å²) in [6.07, 6.45) is 0.623. The third-order valence-corrected chi connectivity index (χ3v) is 4.24. The van der Waals surface area contributed by atoms with Crippen molar-refractivity contribution < 1.29 is 13.3 Å². The molecule has 0 aromatic heterocycles. The Hall–Kier alpha value is -1.71. The topological polar surface area (TPSA) is 127 Å². The molecule has 1 unspecified atom stereocenters. The number of nitrogen functional groups attached to an aromatic ring is 1. The molecule has 0 amide bonds. The third kappa shape index (κ3) is 3.63. The molecule has 0 bridgehead atoms. The molecular weight excluding hydrogens is 272 g/mol. The molecule has 19 heavy (non-hydrogen) atoms. The first-order chi connectivity index (χ1) is 8.81. The number of nitrogens with one attached hydrogen (secondary N) is 2. The number of anilines is 1. The van der Waals surface area contributed by atoms with E-state index >= 15 is 0 Å². The van der Waals surface area contributed by atoms with E-state index in [1.54, 1.807) is 6.92 Å². The van der Waals surface area contributed by atoms with E-state index in [1.807, 2.05) is 6.92 Å². The van der Waals surface area contributed by atoms with E-state index in [0.29, 0.717) is 6.42 Å². The minimum atomic E-state index is -3.77. The molecule has 0 fully saturated rings. The number of rotatable bonds is 6. The number of hydrazine groups is 1. The predicted octanol–water partition coefficient (Wildman–Crippen LogP) is 0.957. The van der Waals surface area contributed by atoms with Crippen molar-refractivity contribution in [3.63, 3.8) is 0 Å². The van der Waals surface area contributed by atoms with Crippen molar-refractivity contribution in [3.8, 4) is 0 Å². The predicted molar refractivity (Wildman–Crippen MR) is 71.0 cm³/mol. The lowest BCUT2D eigenvalue weighted by molar-refractivity contribution is -0.384. The molecule has 0 aliphatic carbocycles. The van der Waals surface area contributed by atoms with Gasteiger partial charge in [0, 0.05) is 18.2 Å². The Morgan fingerprint density at radius 2 is 2.11 bits per heavy atom. The van der Waals surface area contributed by atoms with E-state index in [9.17, 15) is 18.5 Å². The van der Waals surface area contributed by atoms with Crippen LogP contribution in [0.1, 0.15) is 20.3 Å². The van der Waals surface area contributed by atoms with Crippen molar-refractivity contribution >= 4 is 21.4 Å². The van der Waals surface area contributed by atoms with Crippen molar-refractivity contribution in [1.82, 2.24) is 4.72 Å². The van der Waals surface area contributed by atoms with Crippen LogP contribution in [0.5, 0.6) is 0 Å². The standard InChI is InChI=1S/C10H16N4O4S/c1-3-7(2)13-19(17,18)10-5-4-8(14(15)16)6-9(10)12-11/h4-7,12-13H,3,11H2,1-2H3. The van der Waals surface area contributed by atoms with Gasteiger partial charge in [-0.25, -0.2) is 13.1 Å². The SMILES string of the molecule is CCC(C)NS(=O)(=O)c1ccc([N+](=O)[O-])cc1NN. The molecule has 8 nitrogen and oxygen atoms in total. The van der Waals surface area contributed by atoms with Crippen molar-refractivity contribution in [2.45, 2.75) is 31.2 Å². The minimum Gasteiger partial charge on any atom is -0.323 e. The maximum absolute atomic E-state index is 12.1. The zero-order chi connectivity index (χ0) is 14.6. The Kier molecular flexibility index (Phi) is 4.81. The van der Waals surface area contributed by atoms with E-state index in [2.05, 4.69) is 10.1 Å². The first-order valence-corrected chi connectivity index (χ1v) is 7.07. The van der Waals surface area contributed by atoms with E-state index in [1.165, 1.54) is 0 Å². The van der Waals surface area contributed by atoms with Crippen LogP contribution >= 0.6 is 0 Å². The second-order valence-corrected chi connectivity index (χ2v) is 5.69. The van der Waals surface area contributed by atoms with Crippen LogP contribution < -0.4 is 16.0 Å². The lowest BCUT2D eigenvalue weighted by Gasteiger charge is -2.14. The van der Waals surface area contributed by atoms with E-state index < -0.39 is 14.9 Å². The van der Waals surface area contributed by atoms with Gasteiger partial charge in [0.25, 0.3) is 5.69 Å². The normalized spacial score (nSPS) is 13.0. The van der Waals surface area contributed by atoms with Gasteiger partial charge in [-0.3, -0.25) is 16.0 Å². The Morgan fingerprint density at radius 3 is 2.58 bits per heavy atom. The van der Waals surface area contributed by atoms with E-state index in [0.717, 1.165) is 18.2 Å². The van der Waals surface area contributed by atoms with Gasteiger partial charge in [0.15, 0.2) is 0 Å². The highest BCUT2D eigenvalue weighted by Crippen LogP contribution is 2.25. The lowest BCUT2D eigenvalue weighted by atomic mass is 10.3. The van der Waals surface area contributed by atoms with Crippen molar-refractivity contribution in [1.29, 1.82) is 0 Å². The monoisotopic (exact) mass is 288 g/mol. The maximum Gasteiger partial charge on any atom is 0.271 e. The number of benzene rings is 1. The van der Waals surface area contributed by atoms with Crippen molar-refractivity contribution in [3.05, 3.63) is 28.3 Å². The highest BCUT2D eigenvalue weighted by atomic mass is 32.2. The van der Waals surface area contributed by atoms with Crippen molar-refractivity contribution in [2.75, 3.05) is 5.43 Å². The second kappa shape index (κ2) is 5.95. The zero-order valence-electron chi connectivity index (χ0n) is 10.6. The molecule has 0 heterocycles. The Labute approximate surface area is 111 Å². The zero-order valence-corrected chi connectivity index (χ0v) is 11.4. The molecule has 1 atom stereocenters. The number of nitro groups is 1. The molecule has 0 spiro atoms. The van der Waals surface area contributed by atoms with Crippen LogP contribution in [0.15, 0.2) is 23.1 Å². The molecule has 1 rings (SSSR count). The Balaban J connectivity index is 3.23. The van der Waals surface area contributed by atoms with Crippen LogP contribution in [-0.2, 0) is 10.0 Å². The first kappa shape index (κ1) is 15.3. The van der Waals surface area contributed by atoms with E-state index in [4.69, 9.17) is 5.84 Å². The minimum absolute atomic E-state index is 0.0231. The van der Waals surface area contributed by atoms with Crippen LogP contribution in [-0.4, -0.2) is 19.4 Å².